The van der Waals surface area contributed by atoms with Gasteiger partial charge in [-0.2, -0.15) is 0 Å². The summed E-state index contributed by atoms with van der Waals surface area (Å²) in [5.41, 5.74) is 0.312. The van der Waals surface area contributed by atoms with Gasteiger partial charge in [0.2, 0.25) is 5.91 Å². The normalized spacial score (nSPS) is 17.3. The van der Waals surface area contributed by atoms with Crippen molar-refractivity contribution in [1.82, 2.24) is 14.5 Å². The van der Waals surface area contributed by atoms with Crippen molar-refractivity contribution < 1.29 is 13.6 Å². The van der Waals surface area contributed by atoms with Crippen molar-refractivity contribution in [2.24, 2.45) is 0 Å². The van der Waals surface area contributed by atoms with Crippen molar-refractivity contribution in [3.05, 3.63) is 52.6 Å². The molecule has 2 aromatic rings. The fourth-order valence-corrected chi connectivity index (χ4v) is 3.80. The molecule has 4 nitrogen and oxygen atoms in total. The van der Waals surface area contributed by atoms with Crippen molar-refractivity contribution in [3.63, 3.8) is 0 Å². The second-order valence-corrected chi connectivity index (χ2v) is 7.45. The Morgan fingerprint density at radius 1 is 1.33 bits per heavy atom. The smallest absolute Gasteiger partial charge is 0.227 e. The third kappa shape index (κ3) is 4.67. The lowest BCUT2D eigenvalue weighted by Gasteiger charge is -2.33. The van der Waals surface area contributed by atoms with E-state index in [1.807, 2.05) is 12.4 Å². The Hall–Kier alpha value is -1.95. The van der Waals surface area contributed by atoms with Crippen LogP contribution in [0.4, 0.5) is 8.78 Å². The van der Waals surface area contributed by atoms with Gasteiger partial charge in [-0.25, -0.2) is 13.8 Å². The number of hydrogen-bond donors (Lipinski definition) is 0. The fraction of sp³-hybridized carbons (Fsp3) is 0.500. The highest BCUT2D eigenvalue weighted by Crippen LogP contribution is 2.27. The van der Waals surface area contributed by atoms with Crippen LogP contribution in [0.25, 0.3) is 0 Å². The summed E-state index contributed by atoms with van der Waals surface area (Å²) < 4.78 is 28.9. The lowest BCUT2D eigenvalue weighted by molar-refractivity contribution is -0.131. The molecule has 0 bridgehead atoms. The van der Waals surface area contributed by atoms with Gasteiger partial charge < -0.3 is 9.47 Å². The average molecular weight is 396 g/mol. The number of hydrogen-bond acceptors (Lipinski definition) is 2. The first-order valence-corrected chi connectivity index (χ1v) is 9.79. The number of rotatable bonds is 6. The predicted octanol–water partition coefficient (Wildman–Crippen LogP) is 4.56. The molecule has 146 valence electrons. The van der Waals surface area contributed by atoms with Crippen molar-refractivity contribution in [2.45, 2.75) is 51.5 Å². The van der Waals surface area contributed by atoms with Crippen LogP contribution in [0.15, 0.2) is 24.5 Å². The van der Waals surface area contributed by atoms with Crippen LogP contribution in [-0.2, 0) is 17.8 Å². The van der Waals surface area contributed by atoms with Crippen LogP contribution in [-0.4, -0.2) is 33.4 Å². The lowest BCUT2D eigenvalue weighted by atomic mass is 9.96. The molecule has 0 radical (unpaired) electrons. The van der Waals surface area contributed by atoms with Crippen molar-refractivity contribution >= 4 is 17.5 Å². The van der Waals surface area contributed by atoms with E-state index in [-0.39, 0.29) is 23.3 Å². The molecule has 0 saturated carbocycles. The summed E-state index contributed by atoms with van der Waals surface area (Å²) in [6, 6.07) is 1.93. The van der Waals surface area contributed by atoms with Crippen LogP contribution in [0.5, 0.6) is 0 Å². The van der Waals surface area contributed by atoms with Crippen LogP contribution in [0.3, 0.4) is 0 Å². The van der Waals surface area contributed by atoms with Crippen molar-refractivity contribution in [2.75, 3.05) is 13.1 Å². The molecule has 1 aliphatic rings. The van der Waals surface area contributed by atoms with Gasteiger partial charge >= 0.3 is 0 Å². The van der Waals surface area contributed by atoms with Crippen LogP contribution in [0.1, 0.15) is 49.9 Å². The molecule has 0 unspecified atom stereocenters. The minimum absolute atomic E-state index is 0.0347. The zero-order valence-corrected chi connectivity index (χ0v) is 16.2. The quantitative estimate of drug-likeness (QED) is 0.672. The van der Waals surface area contributed by atoms with Gasteiger partial charge in [0.05, 0.1) is 6.42 Å². The number of benzene rings is 1. The largest absolute Gasteiger partial charge is 0.342 e. The lowest BCUT2D eigenvalue weighted by Crippen LogP contribution is -2.40. The maximum atomic E-state index is 13.5. The van der Waals surface area contributed by atoms with Gasteiger partial charge in [-0.3, -0.25) is 4.79 Å². The number of carbonyl (C=O) groups is 1. The molecule has 2 heterocycles. The molecular formula is C20H24ClF2N3O. The Balaban J connectivity index is 1.68. The van der Waals surface area contributed by atoms with Crippen LogP contribution in [0.2, 0.25) is 5.02 Å². The van der Waals surface area contributed by atoms with E-state index in [2.05, 4.69) is 16.5 Å². The molecule has 1 atom stereocenters. The second kappa shape index (κ2) is 8.83. The molecule has 0 spiro atoms. The number of piperidine rings is 1. The number of aromatic nitrogens is 2. The Morgan fingerprint density at radius 2 is 2.11 bits per heavy atom. The number of halogens is 3. The van der Waals surface area contributed by atoms with Gasteiger partial charge in [0.25, 0.3) is 0 Å². The highest BCUT2D eigenvalue weighted by atomic mass is 35.5. The maximum Gasteiger partial charge on any atom is 0.227 e. The monoisotopic (exact) mass is 395 g/mol. The van der Waals surface area contributed by atoms with Gasteiger partial charge in [-0.05, 0) is 37.0 Å². The molecule has 1 fully saturated rings. The minimum atomic E-state index is -1.01. The Kier molecular flexibility index (Phi) is 6.47. The summed E-state index contributed by atoms with van der Waals surface area (Å²) >= 11 is 5.97. The molecule has 1 aliphatic heterocycles. The molecule has 3 rings (SSSR count). The Morgan fingerprint density at radius 3 is 2.89 bits per heavy atom. The van der Waals surface area contributed by atoms with Gasteiger partial charge in [0, 0.05) is 43.0 Å². The third-order valence-electron chi connectivity index (χ3n) is 5.07. The number of carbonyl (C=O) groups excluding carboxylic acids is 1. The number of amides is 1. The summed E-state index contributed by atoms with van der Waals surface area (Å²) in [7, 11) is 0. The number of unbranched alkanes of at least 4 members (excludes halogenated alkanes) is 1. The summed E-state index contributed by atoms with van der Waals surface area (Å²) in [4.78, 5) is 19.0. The van der Waals surface area contributed by atoms with Crippen molar-refractivity contribution in [3.8, 4) is 0 Å². The molecule has 0 N–H and O–H groups in total. The van der Waals surface area contributed by atoms with E-state index in [0.717, 1.165) is 50.2 Å². The van der Waals surface area contributed by atoms with E-state index >= 15 is 0 Å². The second-order valence-electron chi connectivity index (χ2n) is 7.05. The van der Waals surface area contributed by atoms with E-state index in [0.29, 0.717) is 18.7 Å². The Bertz CT molecular complexity index is 809. The summed E-state index contributed by atoms with van der Waals surface area (Å²) in [5.74, 6) is -0.911. The third-order valence-corrected chi connectivity index (χ3v) is 5.42. The molecule has 1 saturated heterocycles. The van der Waals surface area contributed by atoms with Gasteiger partial charge in [0.1, 0.15) is 5.82 Å². The molecule has 0 aliphatic carbocycles. The van der Waals surface area contributed by atoms with Gasteiger partial charge in [-0.1, -0.05) is 24.9 Å². The van der Waals surface area contributed by atoms with E-state index in [4.69, 9.17) is 11.6 Å². The first-order valence-electron chi connectivity index (χ1n) is 9.41. The molecule has 7 heteroatoms. The first-order chi connectivity index (χ1) is 13.0. The first kappa shape index (κ1) is 19.8. The predicted molar refractivity (Wildman–Crippen MR) is 101 cm³/mol. The molecular weight excluding hydrogens is 372 g/mol. The minimum Gasteiger partial charge on any atom is -0.342 e. The van der Waals surface area contributed by atoms with Crippen molar-refractivity contribution in [1.29, 1.82) is 0 Å². The SMILES string of the molecule is CCCCn1ccnc1[C@@H]1CCCN(C(=O)Cc2cc(F)c(F)cc2Cl)C1. The number of likely N-dealkylation sites (tertiary alicyclic amines) is 1. The summed E-state index contributed by atoms with van der Waals surface area (Å²) in [6.45, 7) is 4.33. The maximum absolute atomic E-state index is 13.5. The highest BCUT2D eigenvalue weighted by molar-refractivity contribution is 6.31. The van der Waals surface area contributed by atoms with Crippen LogP contribution in [0, 0.1) is 11.6 Å². The van der Waals surface area contributed by atoms with E-state index in [1.54, 1.807) is 4.90 Å². The number of imidazole rings is 1. The van der Waals surface area contributed by atoms with Gasteiger partial charge in [-0.15, -0.1) is 0 Å². The zero-order chi connectivity index (χ0) is 19.4. The molecule has 1 aromatic heterocycles. The van der Waals surface area contributed by atoms with Gasteiger partial charge in [0.15, 0.2) is 11.6 Å². The summed E-state index contributed by atoms with van der Waals surface area (Å²) in [5, 5.41) is 0.0749. The Labute approximate surface area is 163 Å². The van der Waals surface area contributed by atoms with E-state index < -0.39 is 11.6 Å². The topological polar surface area (TPSA) is 38.1 Å². The average Bonchev–Trinajstić information content (AvgIpc) is 3.13. The molecule has 1 aromatic carbocycles. The van der Waals surface area contributed by atoms with E-state index in [9.17, 15) is 13.6 Å². The standard InChI is InChI=1S/C20H24ClF2N3O/c1-2-3-7-25-9-6-24-20(25)14-5-4-8-26(13-14)19(27)11-15-10-17(22)18(23)12-16(15)21/h6,9-10,12,14H,2-5,7-8,11,13H2,1H3/t14-/m1/s1. The number of aryl methyl sites for hydroxylation is 1. The highest BCUT2D eigenvalue weighted by Gasteiger charge is 2.27. The fourth-order valence-electron chi connectivity index (χ4n) is 3.59. The number of nitrogens with zero attached hydrogens (tertiary/aromatic N) is 3. The summed E-state index contributed by atoms with van der Waals surface area (Å²) in [6.07, 6.45) is 7.85. The zero-order valence-electron chi connectivity index (χ0n) is 15.4. The molecule has 27 heavy (non-hydrogen) atoms. The van der Waals surface area contributed by atoms with Crippen LogP contribution >= 0.6 is 11.6 Å². The molecule has 1 amide bonds. The van der Waals surface area contributed by atoms with E-state index in [1.165, 1.54) is 0 Å². The van der Waals surface area contributed by atoms with Crippen LogP contribution < -0.4 is 0 Å².